The van der Waals surface area contributed by atoms with Crippen LogP contribution >= 0.6 is 0 Å². The van der Waals surface area contributed by atoms with Gasteiger partial charge < -0.3 is 14.8 Å². The highest BCUT2D eigenvalue weighted by Gasteiger charge is 2.53. The first kappa shape index (κ1) is 24.0. The number of aryl methyl sites for hydroxylation is 1. The molecule has 3 aromatic rings. The van der Waals surface area contributed by atoms with E-state index in [1.807, 2.05) is 61.0 Å². The van der Waals surface area contributed by atoms with Gasteiger partial charge in [0, 0.05) is 42.8 Å². The van der Waals surface area contributed by atoms with Gasteiger partial charge in [0.1, 0.15) is 18.3 Å². The zero-order valence-electron chi connectivity index (χ0n) is 20.9. The number of hydrogen-bond donors (Lipinski definition) is 1. The Morgan fingerprint density at radius 3 is 2.68 bits per heavy atom. The maximum Gasteiger partial charge on any atom is 0.251 e. The summed E-state index contributed by atoms with van der Waals surface area (Å²) in [6, 6.07) is 13.6. The molecular formula is C28H30F3N5O. The first-order valence-corrected chi connectivity index (χ1v) is 12.8. The number of carbonyl (C=O) groups is 1. The molecule has 0 radical (unpaired) electrons. The second-order valence-corrected chi connectivity index (χ2v) is 11.0. The molecular weight excluding hydrogens is 479 g/mol. The van der Waals surface area contributed by atoms with Crippen molar-refractivity contribution in [1.82, 2.24) is 20.1 Å². The topological polar surface area (TPSA) is 63.1 Å². The Bertz CT molecular complexity index is 1350. The van der Waals surface area contributed by atoms with Gasteiger partial charge in [-0.3, -0.25) is 4.79 Å². The minimum atomic E-state index is -2.43. The summed E-state index contributed by atoms with van der Waals surface area (Å²) in [5.74, 6) is -0.169. The van der Waals surface area contributed by atoms with E-state index in [1.165, 1.54) is 0 Å². The summed E-state index contributed by atoms with van der Waals surface area (Å²) in [4.78, 5) is 14.3. The highest BCUT2D eigenvalue weighted by atomic mass is 19.3. The molecule has 194 valence electrons. The van der Waals surface area contributed by atoms with Gasteiger partial charge in [0.2, 0.25) is 6.43 Å². The average molecular weight is 510 g/mol. The zero-order valence-corrected chi connectivity index (χ0v) is 20.9. The first-order chi connectivity index (χ1) is 17.7. The third-order valence-electron chi connectivity index (χ3n) is 8.87. The van der Waals surface area contributed by atoms with Gasteiger partial charge in [0.05, 0.1) is 5.41 Å². The number of hydrogen-bond acceptors (Lipinski definition) is 4. The van der Waals surface area contributed by atoms with Gasteiger partial charge in [-0.2, -0.15) is 0 Å². The Morgan fingerprint density at radius 1 is 1.22 bits per heavy atom. The number of fused-ring (bicyclic) bond motifs is 1. The van der Waals surface area contributed by atoms with E-state index in [-0.39, 0.29) is 5.91 Å². The molecule has 1 aromatic heterocycles. The van der Waals surface area contributed by atoms with Crippen molar-refractivity contribution < 1.29 is 18.0 Å². The molecule has 0 bridgehead atoms. The monoisotopic (exact) mass is 509 g/mol. The quantitative estimate of drug-likeness (QED) is 0.491. The fraction of sp³-hybridized carbons (Fsp3) is 0.464. The molecule has 3 aliphatic rings. The Balaban J connectivity index is 1.41. The molecule has 9 heteroatoms. The Hall–Kier alpha value is -3.36. The molecule has 1 N–H and O–H groups in total. The summed E-state index contributed by atoms with van der Waals surface area (Å²) < 4.78 is 44.3. The molecule has 0 spiro atoms. The van der Waals surface area contributed by atoms with Crippen molar-refractivity contribution in [3.63, 3.8) is 0 Å². The minimum absolute atomic E-state index is 0.109. The van der Waals surface area contributed by atoms with E-state index in [2.05, 4.69) is 20.4 Å². The molecule has 0 unspecified atom stereocenters. The number of alkyl halides is 3. The molecule has 37 heavy (non-hydrogen) atoms. The number of carbonyl (C=O) groups excluding carboxylic acids is 1. The van der Waals surface area contributed by atoms with E-state index >= 15 is 0 Å². The van der Waals surface area contributed by atoms with Crippen LogP contribution in [-0.2, 0) is 25.6 Å². The van der Waals surface area contributed by atoms with Crippen molar-refractivity contribution in [2.24, 2.45) is 13.0 Å². The summed E-state index contributed by atoms with van der Waals surface area (Å²) in [6.45, 7) is 2.79. The lowest BCUT2D eigenvalue weighted by atomic mass is 9.62. The molecule has 1 amide bonds. The number of amides is 1. The third kappa shape index (κ3) is 3.73. The molecule has 2 aliphatic carbocycles. The van der Waals surface area contributed by atoms with Crippen molar-refractivity contribution in [1.29, 1.82) is 0 Å². The minimum Gasteiger partial charge on any atom is -0.361 e. The van der Waals surface area contributed by atoms with Crippen LogP contribution in [0.2, 0.25) is 0 Å². The van der Waals surface area contributed by atoms with Gasteiger partial charge in [-0.1, -0.05) is 24.3 Å². The van der Waals surface area contributed by atoms with Crippen molar-refractivity contribution in [2.75, 3.05) is 4.90 Å². The van der Waals surface area contributed by atoms with E-state index in [0.29, 0.717) is 50.2 Å². The fourth-order valence-electron chi connectivity index (χ4n) is 6.50. The molecule has 2 aromatic carbocycles. The van der Waals surface area contributed by atoms with Gasteiger partial charge in [-0.05, 0) is 67.5 Å². The highest BCUT2D eigenvalue weighted by Crippen LogP contribution is 2.52. The van der Waals surface area contributed by atoms with Crippen LogP contribution in [0.25, 0.3) is 0 Å². The van der Waals surface area contributed by atoms with Crippen LogP contribution in [0, 0.1) is 5.92 Å². The van der Waals surface area contributed by atoms with Crippen molar-refractivity contribution >= 4 is 11.6 Å². The molecule has 1 aliphatic heterocycles. The zero-order chi connectivity index (χ0) is 25.9. The van der Waals surface area contributed by atoms with Crippen molar-refractivity contribution in [3.8, 4) is 0 Å². The summed E-state index contributed by atoms with van der Waals surface area (Å²) in [5, 5.41) is 11.2. The molecule has 2 fully saturated rings. The molecule has 0 saturated heterocycles. The van der Waals surface area contributed by atoms with Crippen LogP contribution in [0.1, 0.15) is 65.5 Å². The maximum absolute atomic E-state index is 14.3. The smallest absolute Gasteiger partial charge is 0.251 e. The molecule has 2 saturated carbocycles. The number of anilines is 1. The molecule has 2 heterocycles. The normalized spacial score (nSPS) is 28.4. The third-order valence-corrected chi connectivity index (χ3v) is 8.87. The van der Waals surface area contributed by atoms with Crippen LogP contribution in [0.4, 0.5) is 18.9 Å². The second kappa shape index (κ2) is 8.60. The maximum atomic E-state index is 14.3. The van der Waals surface area contributed by atoms with E-state index in [9.17, 15) is 18.0 Å². The molecule has 6 rings (SSSR count). The fourth-order valence-corrected chi connectivity index (χ4v) is 6.50. The van der Waals surface area contributed by atoms with Crippen LogP contribution in [-0.4, -0.2) is 38.8 Å². The van der Waals surface area contributed by atoms with Crippen LogP contribution in [0.15, 0.2) is 48.8 Å². The summed E-state index contributed by atoms with van der Waals surface area (Å²) in [7, 11) is 1.85. The van der Waals surface area contributed by atoms with E-state index in [0.717, 1.165) is 22.4 Å². The number of nitrogens with zero attached hydrogens (tertiary/aromatic N) is 4. The van der Waals surface area contributed by atoms with Gasteiger partial charge in [-0.25, -0.2) is 13.2 Å². The first-order valence-electron chi connectivity index (χ1n) is 12.8. The number of benzene rings is 2. The van der Waals surface area contributed by atoms with Gasteiger partial charge in [0.25, 0.3) is 5.91 Å². The van der Waals surface area contributed by atoms with Gasteiger partial charge in [-0.15, -0.1) is 10.2 Å². The van der Waals surface area contributed by atoms with Crippen molar-refractivity contribution in [3.05, 3.63) is 76.9 Å². The van der Waals surface area contributed by atoms with Gasteiger partial charge >= 0.3 is 0 Å². The summed E-state index contributed by atoms with van der Waals surface area (Å²) in [5.41, 5.74) is 2.82. The largest absolute Gasteiger partial charge is 0.361 e. The molecule has 2 atom stereocenters. The van der Waals surface area contributed by atoms with E-state index in [1.54, 1.807) is 6.33 Å². The van der Waals surface area contributed by atoms with E-state index < -0.39 is 29.5 Å². The number of rotatable bonds is 7. The second-order valence-electron chi connectivity index (χ2n) is 11.0. The summed E-state index contributed by atoms with van der Waals surface area (Å²) in [6.07, 6.45) is -0.0341. The predicted octanol–water partition coefficient (Wildman–Crippen LogP) is 4.92. The lowest BCUT2D eigenvalue weighted by Crippen LogP contribution is -2.60. The summed E-state index contributed by atoms with van der Waals surface area (Å²) >= 11 is 0. The predicted molar refractivity (Wildman–Crippen MR) is 133 cm³/mol. The van der Waals surface area contributed by atoms with Crippen LogP contribution in [0.3, 0.4) is 0 Å². The van der Waals surface area contributed by atoms with E-state index in [4.69, 9.17) is 0 Å². The lowest BCUT2D eigenvalue weighted by Gasteiger charge is -2.55. The van der Waals surface area contributed by atoms with Crippen molar-refractivity contribution in [2.45, 2.75) is 69.2 Å². The Morgan fingerprint density at radius 2 is 2.03 bits per heavy atom. The lowest BCUT2D eigenvalue weighted by molar-refractivity contribution is -0.0255. The number of aromatic nitrogens is 3. The average Bonchev–Trinajstić information content (AvgIpc) is 3.44. The number of nitrogens with one attached hydrogen (secondary N) is 1. The van der Waals surface area contributed by atoms with Crippen LogP contribution in [0.5, 0.6) is 0 Å². The highest BCUT2D eigenvalue weighted by molar-refractivity contribution is 5.98. The Labute approximate surface area is 213 Å². The SMILES string of the molecule is Cn1cnnc1C1(c2cccc(N(Cc3ccc4c(c3)C(=O)NC4)[C@]3(C)CC[C@H]3C(F)F)c2)CC(F)C1. The van der Waals surface area contributed by atoms with Gasteiger partial charge in [0.15, 0.2) is 0 Å². The Kier molecular flexibility index (Phi) is 5.58. The standard InChI is InChI=1S/C28H30F3N5O/c1-27(9-8-23(27)24(30)31)36(15-17-6-7-18-14-32-25(37)22(18)10-17)21-5-3-4-19(11-21)28(12-20(29)13-28)26-34-33-16-35(26)2/h3-7,10-11,16,20,23-24H,8-9,12-15H2,1-2H3,(H,32,37)/t20?,23-,27+,28?/m0/s1. The van der Waals surface area contributed by atoms with Crippen LogP contribution < -0.4 is 10.2 Å². The number of halogens is 3. The molecule has 6 nitrogen and oxygen atoms in total.